The Morgan fingerprint density at radius 3 is 2.96 bits per heavy atom. The molecule has 2 heterocycles. The molecule has 0 unspecified atom stereocenters. The number of hydrogen-bond acceptors (Lipinski definition) is 4. The minimum atomic E-state index is -0.357. The van der Waals surface area contributed by atoms with Gasteiger partial charge in [0.15, 0.2) is 0 Å². The Hall–Kier alpha value is -2.13. The molecule has 6 nitrogen and oxygen atoms in total. The third-order valence-corrected chi connectivity index (χ3v) is 5.31. The van der Waals surface area contributed by atoms with E-state index in [1.54, 1.807) is 6.92 Å². The second-order valence-corrected chi connectivity index (χ2v) is 6.66. The number of nitrogens with zero attached hydrogens (tertiary/aromatic N) is 2. The lowest BCUT2D eigenvalue weighted by Crippen LogP contribution is -2.51. The summed E-state index contributed by atoms with van der Waals surface area (Å²) in [4.78, 5) is 29.2. The topological polar surface area (TPSA) is 86.2 Å². The first kappa shape index (κ1) is 16.7. The molecule has 1 aliphatic heterocycles. The van der Waals surface area contributed by atoms with Gasteiger partial charge in [0.05, 0.1) is 18.8 Å². The van der Waals surface area contributed by atoms with Crippen LogP contribution in [0.4, 0.5) is 0 Å². The molecule has 1 aromatic heterocycles. The van der Waals surface area contributed by atoms with E-state index >= 15 is 0 Å². The molecule has 0 spiro atoms. The van der Waals surface area contributed by atoms with E-state index in [1.807, 2.05) is 17.9 Å². The van der Waals surface area contributed by atoms with Crippen molar-refractivity contribution < 1.29 is 9.53 Å². The summed E-state index contributed by atoms with van der Waals surface area (Å²) in [7, 11) is 0. The number of fused-ring (bicyclic) bond motifs is 1. The van der Waals surface area contributed by atoms with Gasteiger partial charge in [-0.3, -0.25) is 9.59 Å². The molecule has 1 saturated heterocycles. The van der Waals surface area contributed by atoms with Gasteiger partial charge in [0.1, 0.15) is 11.6 Å². The van der Waals surface area contributed by atoms with Gasteiger partial charge in [-0.25, -0.2) is 0 Å². The number of carbonyl (C=O) groups excluding carboxylic acids is 1. The minimum Gasteiger partial charge on any atom is -0.374 e. The number of aromatic amines is 1. The number of nitrogens with one attached hydrogen (secondary N) is 1. The van der Waals surface area contributed by atoms with Crippen molar-refractivity contribution in [2.45, 2.75) is 58.1 Å². The Morgan fingerprint density at radius 1 is 1.42 bits per heavy atom. The van der Waals surface area contributed by atoms with Crippen LogP contribution >= 0.6 is 0 Å². The van der Waals surface area contributed by atoms with E-state index in [2.05, 4.69) is 4.98 Å². The average Bonchev–Trinajstić information content (AvgIpc) is 3.03. The lowest BCUT2D eigenvalue weighted by molar-refractivity contribution is -0.143. The Balaban J connectivity index is 1.73. The van der Waals surface area contributed by atoms with E-state index in [4.69, 9.17) is 10.00 Å². The molecule has 0 aromatic carbocycles. The molecule has 3 rings (SSSR count). The number of carbonyl (C=O) groups is 1. The first-order valence-corrected chi connectivity index (χ1v) is 8.56. The van der Waals surface area contributed by atoms with Crippen molar-refractivity contribution in [2.75, 3.05) is 13.2 Å². The van der Waals surface area contributed by atoms with Gasteiger partial charge in [-0.1, -0.05) is 0 Å². The normalized spacial score (nSPS) is 23.0. The third kappa shape index (κ3) is 2.96. The first-order chi connectivity index (χ1) is 11.5. The van der Waals surface area contributed by atoms with Gasteiger partial charge >= 0.3 is 0 Å². The van der Waals surface area contributed by atoms with Crippen molar-refractivity contribution in [3.8, 4) is 6.07 Å². The molecular formula is C18H23N3O3. The lowest BCUT2D eigenvalue weighted by Gasteiger charge is -2.37. The molecule has 24 heavy (non-hydrogen) atoms. The predicted molar refractivity (Wildman–Crippen MR) is 88.7 cm³/mol. The number of aromatic nitrogens is 1. The Morgan fingerprint density at radius 2 is 2.21 bits per heavy atom. The van der Waals surface area contributed by atoms with Gasteiger partial charge in [0.25, 0.3) is 5.56 Å². The molecule has 1 saturated carbocycles. The number of rotatable bonds is 3. The van der Waals surface area contributed by atoms with Crippen molar-refractivity contribution in [1.82, 2.24) is 9.88 Å². The van der Waals surface area contributed by atoms with Gasteiger partial charge in [-0.05, 0) is 50.7 Å². The van der Waals surface area contributed by atoms with Gasteiger partial charge in [-0.15, -0.1) is 0 Å². The monoisotopic (exact) mass is 329 g/mol. The summed E-state index contributed by atoms with van der Waals surface area (Å²) in [6.07, 6.45) is 4.30. The van der Waals surface area contributed by atoms with Crippen LogP contribution in [0.1, 0.15) is 48.1 Å². The number of pyridine rings is 1. The molecule has 2 fully saturated rings. The minimum absolute atomic E-state index is 0.138. The van der Waals surface area contributed by atoms with Crippen molar-refractivity contribution in [3.05, 3.63) is 32.7 Å². The maximum Gasteiger partial charge on any atom is 0.266 e. The summed E-state index contributed by atoms with van der Waals surface area (Å²) < 4.78 is 5.76. The van der Waals surface area contributed by atoms with E-state index in [1.165, 1.54) is 0 Å². The molecule has 2 aliphatic rings. The number of ether oxygens (including phenoxy) is 1. The van der Waals surface area contributed by atoms with Crippen LogP contribution in [0.3, 0.4) is 0 Å². The molecule has 1 aromatic rings. The molecule has 0 bridgehead atoms. The highest BCUT2D eigenvalue weighted by molar-refractivity contribution is 5.77. The average molecular weight is 329 g/mol. The number of nitriles is 1. The molecule has 2 atom stereocenters. The van der Waals surface area contributed by atoms with E-state index in [0.717, 1.165) is 30.5 Å². The SMILES string of the molecule is Cc1[nH]c(=O)c(C#N)c(C)c1CCC(=O)N1CCO[C@H]2CCC[C@@H]21. The predicted octanol–water partition coefficient (Wildman–Crippen LogP) is 1.58. The van der Waals surface area contributed by atoms with Crippen molar-refractivity contribution in [1.29, 1.82) is 5.26 Å². The summed E-state index contributed by atoms with van der Waals surface area (Å²) in [5.74, 6) is 0.138. The molecule has 1 N–H and O–H groups in total. The number of morpholine rings is 1. The van der Waals surface area contributed by atoms with E-state index < -0.39 is 0 Å². The smallest absolute Gasteiger partial charge is 0.266 e. The maximum absolute atomic E-state index is 12.7. The quantitative estimate of drug-likeness (QED) is 0.912. The fourth-order valence-corrected chi connectivity index (χ4v) is 4.03. The standard InChI is InChI=1S/C18H23N3O3/c1-11-13(12(2)20-18(23)14(11)10-19)6-7-17(22)21-8-9-24-16-5-3-4-15(16)21/h15-16H,3-9H2,1-2H3,(H,20,23)/t15-,16-/m0/s1. The van der Waals surface area contributed by atoms with Crippen molar-refractivity contribution in [3.63, 3.8) is 0 Å². The highest BCUT2D eigenvalue weighted by atomic mass is 16.5. The highest BCUT2D eigenvalue weighted by Gasteiger charge is 2.38. The zero-order chi connectivity index (χ0) is 17.3. The van der Waals surface area contributed by atoms with Crippen LogP contribution in [0.5, 0.6) is 0 Å². The molecule has 0 radical (unpaired) electrons. The van der Waals surface area contributed by atoms with Crippen LogP contribution in [0, 0.1) is 25.2 Å². The Labute approximate surface area is 141 Å². The summed E-state index contributed by atoms with van der Waals surface area (Å²) in [5, 5.41) is 9.14. The third-order valence-electron chi connectivity index (χ3n) is 5.31. The zero-order valence-corrected chi connectivity index (χ0v) is 14.2. The van der Waals surface area contributed by atoms with Crippen LogP contribution < -0.4 is 5.56 Å². The lowest BCUT2D eigenvalue weighted by atomic mass is 9.98. The summed E-state index contributed by atoms with van der Waals surface area (Å²) in [6, 6.07) is 2.18. The zero-order valence-electron chi connectivity index (χ0n) is 14.2. The molecular weight excluding hydrogens is 306 g/mol. The highest BCUT2D eigenvalue weighted by Crippen LogP contribution is 2.30. The van der Waals surface area contributed by atoms with Crippen LogP contribution in [0.15, 0.2) is 4.79 Å². The van der Waals surface area contributed by atoms with Crippen molar-refractivity contribution >= 4 is 5.91 Å². The van der Waals surface area contributed by atoms with E-state index in [9.17, 15) is 9.59 Å². The van der Waals surface area contributed by atoms with Gasteiger partial charge in [0, 0.05) is 18.7 Å². The first-order valence-electron chi connectivity index (χ1n) is 8.56. The summed E-state index contributed by atoms with van der Waals surface area (Å²) in [6.45, 7) is 4.87. The van der Waals surface area contributed by atoms with E-state index in [-0.39, 0.29) is 29.2 Å². The Kier molecular flexibility index (Phi) is 4.72. The van der Waals surface area contributed by atoms with Crippen LogP contribution in [-0.4, -0.2) is 41.1 Å². The summed E-state index contributed by atoms with van der Waals surface area (Å²) >= 11 is 0. The van der Waals surface area contributed by atoms with Crippen molar-refractivity contribution in [2.24, 2.45) is 0 Å². The van der Waals surface area contributed by atoms with E-state index in [0.29, 0.717) is 31.6 Å². The maximum atomic E-state index is 12.7. The van der Waals surface area contributed by atoms with Gasteiger partial charge in [0.2, 0.25) is 5.91 Å². The second-order valence-electron chi connectivity index (χ2n) is 6.66. The van der Waals surface area contributed by atoms with Crippen LogP contribution in [0.2, 0.25) is 0 Å². The second kappa shape index (κ2) is 6.78. The van der Waals surface area contributed by atoms with Crippen LogP contribution in [0.25, 0.3) is 0 Å². The number of amides is 1. The largest absolute Gasteiger partial charge is 0.374 e. The number of hydrogen-bond donors (Lipinski definition) is 1. The summed E-state index contributed by atoms with van der Waals surface area (Å²) in [5.41, 5.74) is 2.11. The number of H-pyrrole nitrogens is 1. The van der Waals surface area contributed by atoms with Gasteiger partial charge < -0.3 is 14.6 Å². The molecule has 6 heteroatoms. The Bertz CT molecular complexity index is 747. The molecule has 1 amide bonds. The molecule has 128 valence electrons. The fraction of sp³-hybridized carbons (Fsp3) is 0.611. The number of aryl methyl sites for hydroxylation is 1. The molecule has 1 aliphatic carbocycles. The van der Waals surface area contributed by atoms with Gasteiger partial charge in [-0.2, -0.15) is 5.26 Å². The fourth-order valence-electron chi connectivity index (χ4n) is 4.03. The van der Waals surface area contributed by atoms with Crippen LogP contribution in [-0.2, 0) is 16.0 Å².